The average Bonchev–Trinajstić information content (AvgIpc) is 2.51. The summed E-state index contributed by atoms with van der Waals surface area (Å²) in [5.74, 6) is 0. The second-order valence-corrected chi connectivity index (χ2v) is 5.71. The van der Waals surface area contributed by atoms with E-state index in [1.807, 2.05) is 43.3 Å². The zero-order chi connectivity index (χ0) is 15.4. The molecule has 3 atom stereocenters. The van der Waals surface area contributed by atoms with Gasteiger partial charge in [0.2, 0.25) is 6.29 Å². The van der Waals surface area contributed by atoms with Gasteiger partial charge in [-0.3, -0.25) is 0 Å². The van der Waals surface area contributed by atoms with Crippen molar-refractivity contribution in [2.75, 3.05) is 6.54 Å². The van der Waals surface area contributed by atoms with E-state index in [9.17, 15) is 4.79 Å². The first-order valence-electron chi connectivity index (χ1n) is 7.67. The van der Waals surface area contributed by atoms with E-state index in [0.717, 1.165) is 18.4 Å². The van der Waals surface area contributed by atoms with Crippen LogP contribution in [0.2, 0.25) is 0 Å². The highest BCUT2D eigenvalue weighted by atomic mass is 16.7. The predicted octanol–water partition coefficient (Wildman–Crippen LogP) is 3.06. The van der Waals surface area contributed by atoms with Crippen molar-refractivity contribution >= 4 is 6.09 Å². The third-order valence-corrected chi connectivity index (χ3v) is 4.05. The molecule has 1 aromatic carbocycles. The molecule has 5 nitrogen and oxygen atoms in total. The normalized spacial score (nSPS) is 27.0. The molecule has 1 amide bonds. The Labute approximate surface area is 130 Å². The average molecular weight is 303 g/mol. The summed E-state index contributed by atoms with van der Waals surface area (Å²) in [6.07, 6.45) is 4.75. The molecule has 0 N–H and O–H groups in total. The second-order valence-electron chi connectivity index (χ2n) is 5.71. The van der Waals surface area contributed by atoms with E-state index in [4.69, 9.17) is 14.2 Å². The van der Waals surface area contributed by atoms with E-state index in [2.05, 4.69) is 0 Å². The molecule has 3 unspecified atom stereocenters. The third-order valence-electron chi connectivity index (χ3n) is 4.05. The Kier molecular flexibility index (Phi) is 4.63. The Morgan fingerprint density at radius 1 is 1.32 bits per heavy atom. The molecule has 118 valence electrons. The molecule has 5 heteroatoms. The zero-order valence-electron chi connectivity index (χ0n) is 12.7. The van der Waals surface area contributed by atoms with Crippen LogP contribution in [0.25, 0.3) is 0 Å². The lowest BCUT2D eigenvalue weighted by molar-refractivity contribution is -0.149. The molecule has 2 heterocycles. The van der Waals surface area contributed by atoms with Gasteiger partial charge < -0.3 is 19.1 Å². The molecule has 1 fully saturated rings. The first-order chi connectivity index (χ1) is 10.7. The molecule has 0 saturated carbocycles. The van der Waals surface area contributed by atoms with Gasteiger partial charge in [0.1, 0.15) is 6.61 Å². The van der Waals surface area contributed by atoms with Crippen LogP contribution in [0.3, 0.4) is 0 Å². The van der Waals surface area contributed by atoms with E-state index in [0.29, 0.717) is 13.2 Å². The summed E-state index contributed by atoms with van der Waals surface area (Å²) < 4.78 is 16.3. The molecule has 2 aliphatic rings. The number of benzene rings is 1. The predicted molar refractivity (Wildman–Crippen MR) is 80.9 cm³/mol. The summed E-state index contributed by atoms with van der Waals surface area (Å²) in [4.78, 5) is 14.0. The van der Waals surface area contributed by atoms with Crippen LogP contribution in [-0.2, 0) is 20.8 Å². The molecule has 1 aromatic rings. The minimum Gasteiger partial charge on any atom is -0.469 e. The Morgan fingerprint density at radius 3 is 2.77 bits per heavy atom. The van der Waals surface area contributed by atoms with Crippen LogP contribution in [-0.4, -0.2) is 36.0 Å². The van der Waals surface area contributed by atoms with Crippen molar-refractivity contribution in [3.63, 3.8) is 0 Å². The first-order valence-corrected chi connectivity index (χ1v) is 7.67. The second kappa shape index (κ2) is 6.83. The Balaban J connectivity index is 1.51. The molecule has 0 radical (unpaired) electrons. The lowest BCUT2D eigenvalue weighted by atomic mass is 10.0. The van der Waals surface area contributed by atoms with Crippen LogP contribution >= 0.6 is 0 Å². The molecular formula is C17H21NO4. The van der Waals surface area contributed by atoms with Gasteiger partial charge in [0.25, 0.3) is 0 Å². The molecule has 0 aliphatic carbocycles. The zero-order valence-corrected chi connectivity index (χ0v) is 12.7. The van der Waals surface area contributed by atoms with Crippen molar-refractivity contribution < 1.29 is 19.0 Å². The van der Waals surface area contributed by atoms with Crippen LogP contribution < -0.4 is 0 Å². The molecule has 0 spiro atoms. The summed E-state index contributed by atoms with van der Waals surface area (Å²) in [5.41, 5.74) is 0.987. The van der Waals surface area contributed by atoms with Gasteiger partial charge in [-0.1, -0.05) is 30.3 Å². The van der Waals surface area contributed by atoms with E-state index >= 15 is 0 Å². The number of hydrogen-bond acceptors (Lipinski definition) is 4. The summed E-state index contributed by atoms with van der Waals surface area (Å²) >= 11 is 0. The van der Waals surface area contributed by atoms with Gasteiger partial charge in [-0.05, 0) is 25.3 Å². The summed E-state index contributed by atoms with van der Waals surface area (Å²) in [6, 6.07) is 9.86. The molecule has 3 rings (SSSR count). The number of piperidine rings is 1. The standard InChI is InChI=1S/C17H21NO4/c1-13-7-8-15(22-16-9-10-20-16)11-18(13)17(19)21-12-14-5-3-2-4-6-14/h2-6,9-10,13,15-16H,7-8,11-12H2,1H3. The van der Waals surface area contributed by atoms with Gasteiger partial charge in [0, 0.05) is 12.1 Å². The third kappa shape index (κ3) is 3.60. The van der Waals surface area contributed by atoms with E-state index < -0.39 is 0 Å². The van der Waals surface area contributed by atoms with Gasteiger partial charge in [0.05, 0.1) is 18.9 Å². The minimum atomic E-state index is -0.283. The molecule has 1 saturated heterocycles. The summed E-state index contributed by atoms with van der Waals surface area (Å²) in [5, 5.41) is 0. The van der Waals surface area contributed by atoms with Gasteiger partial charge in [0.15, 0.2) is 0 Å². The highest BCUT2D eigenvalue weighted by Crippen LogP contribution is 2.23. The summed E-state index contributed by atoms with van der Waals surface area (Å²) in [7, 11) is 0. The maximum atomic E-state index is 12.3. The van der Waals surface area contributed by atoms with Crippen molar-refractivity contribution in [3.8, 4) is 0 Å². The first kappa shape index (κ1) is 14.9. The lowest BCUT2D eigenvalue weighted by Gasteiger charge is -2.38. The number of amides is 1. The fraction of sp³-hybridized carbons (Fsp3) is 0.471. The number of hydrogen-bond donors (Lipinski definition) is 0. The maximum Gasteiger partial charge on any atom is 0.410 e. The van der Waals surface area contributed by atoms with E-state index in [-0.39, 0.29) is 24.5 Å². The van der Waals surface area contributed by atoms with Crippen molar-refractivity contribution in [2.45, 2.75) is 44.8 Å². The van der Waals surface area contributed by atoms with Crippen molar-refractivity contribution in [1.29, 1.82) is 0 Å². The highest BCUT2D eigenvalue weighted by Gasteiger charge is 2.32. The number of rotatable bonds is 4. The summed E-state index contributed by atoms with van der Waals surface area (Å²) in [6.45, 7) is 2.88. The number of carbonyl (C=O) groups is 1. The van der Waals surface area contributed by atoms with Gasteiger partial charge >= 0.3 is 6.09 Å². The number of ether oxygens (including phenoxy) is 3. The quantitative estimate of drug-likeness (QED) is 0.857. The van der Waals surface area contributed by atoms with E-state index in [1.54, 1.807) is 11.2 Å². The van der Waals surface area contributed by atoms with E-state index in [1.165, 1.54) is 0 Å². The number of likely N-dealkylation sites (tertiary alicyclic amines) is 1. The maximum absolute atomic E-state index is 12.3. The van der Waals surface area contributed by atoms with Crippen molar-refractivity contribution in [3.05, 3.63) is 48.2 Å². The Morgan fingerprint density at radius 2 is 2.09 bits per heavy atom. The fourth-order valence-corrected chi connectivity index (χ4v) is 2.65. The topological polar surface area (TPSA) is 48.0 Å². The molecule has 0 aromatic heterocycles. The number of nitrogens with zero attached hydrogens (tertiary/aromatic N) is 1. The van der Waals surface area contributed by atoms with Crippen LogP contribution in [0.1, 0.15) is 25.3 Å². The monoisotopic (exact) mass is 303 g/mol. The molecule has 0 bridgehead atoms. The molecular weight excluding hydrogens is 282 g/mol. The van der Waals surface area contributed by atoms with Crippen LogP contribution in [0, 0.1) is 0 Å². The largest absolute Gasteiger partial charge is 0.469 e. The Bertz CT molecular complexity index is 531. The lowest BCUT2D eigenvalue weighted by Crippen LogP contribution is -2.49. The SMILES string of the molecule is CC1CCC(OC2C=CO2)CN1C(=O)OCc1ccccc1. The molecule has 22 heavy (non-hydrogen) atoms. The van der Waals surface area contributed by atoms with Crippen LogP contribution in [0.4, 0.5) is 4.79 Å². The van der Waals surface area contributed by atoms with Gasteiger partial charge in [-0.2, -0.15) is 0 Å². The van der Waals surface area contributed by atoms with Gasteiger partial charge in [-0.25, -0.2) is 4.79 Å². The smallest absolute Gasteiger partial charge is 0.410 e. The van der Waals surface area contributed by atoms with Crippen LogP contribution in [0.15, 0.2) is 42.7 Å². The fourth-order valence-electron chi connectivity index (χ4n) is 2.65. The van der Waals surface area contributed by atoms with Crippen molar-refractivity contribution in [2.24, 2.45) is 0 Å². The molecule has 2 aliphatic heterocycles. The Hall–Kier alpha value is -2.01. The van der Waals surface area contributed by atoms with Crippen molar-refractivity contribution in [1.82, 2.24) is 4.90 Å². The van der Waals surface area contributed by atoms with Gasteiger partial charge in [-0.15, -0.1) is 0 Å². The highest BCUT2D eigenvalue weighted by molar-refractivity contribution is 5.68. The van der Waals surface area contributed by atoms with Crippen LogP contribution in [0.5, 0.6) is 0 Å². The minimum absolute atomic E-state index is 0.00424. The number of carbonyl (C=O) groups excluding carboxylic acids is 1.